The molecule has 0 aliphatic heterocycles. The van der Waals surface area contributed by atoms with Crippen LogP contribution in [0.1, 0.15) is 69.5 Å². The van der Waals surface area contributed by atoms with Crippen molar-refractivity contribution in [1.82, 2.24) is 10.6 Å². The fourth-order valence-corrected chi connectivity index (χ4v) is 3.54. The second-order valence-electron chi connectivity index (χ2n) is 8.63. The van der Waals surface area contributed by atoms with Gasteiger partial charge >= 0.3 is 0 Å². The fraction of sp³-hybridized carbons (Fsp3) is 0.462. The zero-order valence-electron chi connectivity index (χ0n) is 18.8. The third-order valence-electron chi connectivity index (χ3n) is 5.69. The molecule has 0 spiro atoms. The first-order valence-corrected chi connectivity index (χ1v) is 11.4. The Morgan fingerprint density at radius 3 is 2.26 bits per heavy atom. The van der Waals surface area contributed by atoms with Gasteiger partial charge in [0.25, 0.3) is 0 Å². The Hall–Kier alpha value is -2.82. The van der Waals surface area contributed by atoms with Crippen molar-refractivity contribution >= 4 is 11.8 Å². The molecule has 2 aromatic rings. The molecule has 0 aromatic heterocycles. The van der Waals surface area contributed by atoms with Gasteiger partial charge in [0.05, 0.1) is 12.5 Å². The smallest absolute Gasteiger partial charge is 0.247 e. The van der Waals surface area contributed by atoms with Crippen molar-refractivity contribution in [2.75, 3.05) is 6.61 Å². The normalized spacial score (nSPS) is 16.1. The molecule has 2 aromatic carbocycles. The van der Waals surface area contributed by atoms with Gasteiger partial charge < -0.3 is 15.4 Å². The molecule has 166 valence electrons. The van der Waals surface area contributed by atoms with E-state index in [4.69, 9.17) is 4.74 Å². The number of hydrogen-bond acceptors (Lipinski definition) is 3. The van der Waals surface area contributed by atoms with Crippen molar-refractivity contribution in [3.63, 3.8) is 0 Å². The van der Waals surface area contributed by atoms with E-state index in [1.807, 2.05) is 61.5 Å². The summed E-state index contributed by atoms with van der Waals surface area (Å²) in [6.45, 7) is 6.88. The Labute approximate surface area is 185 Å². The predicted octanol–water partition coefficient (Wildman–Crippen LogP) is 4.74. The molecule has 1 unspecified atom stereocenters. The molecule has 31 heavy (non-hydrogen) atoms. The molecule has 2 amide bonds. The molecule has 1 aliphatic rings. The first kappa shape index (κ1) is 22.9. The van der Waals surface area contributed by atoms with E-state index in [1.165, 1.54) is 0 Å². The summed E-state index contributed by atoms with van der Waals surface area (Å²) < 4.78 is 5.88. The van der Waals surface area contributed by atoms with E-state index in [2.05, 4.69) is 24.5 Å². The van der Waals surface area contributed by atoms with E-state index in [9.17, 15) is 9.59 Å². The van der Waals surface area contributed by atoms with Crippen molar-refractivity contribution in [3.8, 4) is 5.75 Å². The molecule has 3 rings (SSSR count). The van der Waals surface area contributed by atoms with Crippen LogP contribution in [0.4, 0.5) is 0 Å². The van der Waals surface area contributed by atoms with Crippen LogP contribution in [0.25, 0.3) is 0 Å². The van der Waals surface area contributed by atoms with Crippen LogP contribution >= 0.6 is 0 Å². The standard InChI is InChI=1S/C26H34N2O3/c1-4-8-18(2)17-31-23-15-11-21(12-16-23)24(26(30)27-22-13-14-22)28-25(29)19(3)20-9-6-5-7-10-20/h5-7,9-12,15-16,18-19,22,24H,4,8,13-14,17H2,1-3H3,(H,27,30)(H,28,29)/t18?,19-,24+/m0/s1. The van der Waals surface area contributed by atoms with Crippen LogP contribution in [-0.4, -0.2) is 24.5 Å². The van der Waals surface area contributed by atoms with E-state index < -0.39 is 6.04 Å². The van der Waals surface area contributed by atoms with Gasteiger partial charge in [-0.1, -0.05) is 62.7 Å². The van der Waals surface area contributed by atoms with Gasteiger partial charge in [0.1, 0.15) is 11.8 Å². The largest absolute Gasteiger partial charge is 0.493 e. The van der Waals surface area contributed by atoms with Gasteiger partial charge in [-0.25, -0.2) is 0 Å². The molecular formula is C26H34N2O3. The second-order valence-corrected chi connectivity index (χ2v) is 8.63. The Balaban J connectivity index is 1.69. The number of nitrogens with one attached hydrogen (secondary N) is 2. The minimum absolute atomic E-state index is 0.165. The predicted molar refractivity (Wildman–Crippen MR) is 123 cm³/mol. The van der Waals surface area contributed by atoms with Gasteiger partial charge in [-0.2, -0.15) is 0 Å². The van der Waals surface area contributed by atoms with Crippen LogP contribution < -0.4 is 15.4 Å². The maximum atomic E-state index is 12.9. The highest BCUT2D eigenvalue weighted by Gasteiger charge is 2.30. The molecule has 1 saturated carbocycles. The van der Waals surface area contributed by atoms with Gasteiger partial charge in [-0.05, 0) is 55.4 Å². The average molecular weight is 423 g/mol. The van der Waals surface area contributed by atoms with Crippen LogP contribution in [-0.2, 0) is 9.59 Å². The third kappa shape index (κ3) is 6.84. The lowest BCUT2D eigenvalue weighted by Crippen LogP contribution is -2.42. The maximum absolute atomic E-state index is 12.9. The summed E-state index contributed by atoms with van der Waals surface area (Å²) in [7, 11) is 0. The molecular weight excluding hydrogens is 388 g/mol. The van der Waals surface area contributed by atoms with Gasteiger partial charge in [0.15, 0.2) is 0 Å². The van der Waals surface area contributed by atoms with Crippen LogP contribution in [0.5, 0.6) is 5.75 Å². The molecule has 5 nitrogen and oxygen atoms in total. The summed E-state index contributed by atoms with van der Waals surface area (Å²) in [5.41, 5.74) is 1.67. The zero-order valence-corrected chi connectivity index (χ0v) is 18.8. The van der Waals surface area contributed by atoms with Crippen LogP contribution in [0.3, 0.4) is 0 Å². The van der Waals surface area contributed by atoms with Crippen molar-refractivity contribution < 1.29 is 14.3 Å². The number of rotatable bonds is 11. The molecule has 0 bridgehead atoms. The van der Waals surface area contributed by atoms with Crippen LogP contribution in [0.15, 0.2) is 54.6 Å². The Kier molecular flexibility index (Phi) is 8.10. The minimum atomic E-state index is -0.729. The van der Waals surface area contributed by atoms with Gasteiger partial charge in [-0.15, -0.1) is 0 Å². The van der Waals surface area contributed by atoms with Crippen molar-refractivity contribution in [1.29, 1.82) is 0 Å². The maximum Gasteiger partial charge on any atom is 0.247 e. The molecule has 2 N–H and O–H groups in total. The first-order valence-electron chi connectivity index (χ1n) is 11.4. The zero-order chi connectivity index (χ0) is 22.2. The SMILES string of the molecule is CCCC(C)COc1ccc([C@@H](NC(=O)[C@@H](C)c2ccccc2)C(=O)NC2CC2)cc1. The molecule has 0 saturated heterocycles. The highest BCUT2D eigenvalue weighted by Crippen LogP contribution is 2.24. The van der Waals surface area contributed by atoms with E-state index in [0.29, 0.717) is 12.5 Å². The number of carbonyl (C=O) groups is 2. The van der Waals surface area contributed by atoms with Gasteiger partial charge in [0, 0.05) is 6.04 Å². The van der Waals surface area contributed by atoms with Crippen molar-refractivity contribution in [3.05, 3.63) is 65.7 Å². The molecule has 1 fully saturated rings. The molecule has 3 atom stereocenters. The Morgan fingerprint density at radius 2 is 1.65 bits per heavy atom. The number of benzene rings is 2. The van der Waals surface area contributed by atoms with Crippen molar-refractivity contribution in [2.24, 2.45) is 5.92 Å². The Morgan fingerprint density at radius 1 is 0.968 bits per heavy atom. The van der Waals surface area contributed by atoms with Crippen LogP contribution in [0.2, 0.25) is 0 Å². The minimum Gasteiger partial charge on any atom is -0.493 e. The highest BCUT2D eigenvalue weighted by atomic mass is 16.5. The molecule has 0 heterocycles. The number of hydrogen-bond donors (Lipinski definition) is 2. The lowest BCUT2D eigenvalue weighted by Gasteiger charge is -2.22. The topological polar surface area (TPSA) is 67.4 Å². The summed E-state index contributed by atoms with van der Waals surface area (Å²) in [5, 5.41) is 5.98. The highest BCUT2D eigenvalue weighted by molar-refractivity contribution is 5.91. The van der Waals surface area contributed by atoms with Gasteiger partial charge in [-0.3, -0.25) is 9.59 Å². The Bertz CT molecular complexity index is 847. The first-order chi connectivity index (χ1) is 15.0. The van der Waals surface area contributed by atoms with E-state index in [1.54, 1.807) is 0 Å². The van der Waals surface area contributed by atoms with Crippen molar-refractivity contribution in [2.45, 2.75) is 64.5 Å². The molecule has 5 heteroatoms. The lowest BCUT2D eigenvalue weighted by atomic mass is 9.99. The quantitative estimate of drug-likeness (QED) is 0.550. The van der Waals surface area contributed by atoms with E-state index in [-0.39, 0.29) is 23.8 Å². The summed E-state index contributed by atoms with van der Waals surface area (Å²) in [4.78, 5) is 25.8. The average Bonchev–Trinajstić information content (AvgIpc) is 3.60. The summed E-state index contributed by atoms with van der Waals surface area (Å²) in [6, 6.07) is 16.6. The molecule has 0 radical (unpaired) electrons. The summed E-state index contributed by atoms with van der Waals surface area (Å²) >= 11 is 0. The van der Waals surface area contributed by atoms with Crippen LogP contribution in [0, 0.1) is 5.92 Å². The second kappa shape index (κ2) is 11.0. The summed E-state index contributed by atoms with van der Waals surface area (Å²) in [6.07, 6.45) is 4.26. The number of carbonyl (C=O) groups excluding carboxylic acids is 2. The number of amides is 2. The van der Waals surface area contributed by atoms with E-state index >= 15 is 0 Å². The van der Waals surface area contributed by atoms with E-state index in [0.717, 1.165) is 42.6 Å². The number of ether oxygens (including phenoxy) is 1. The van der Waals surface area contributed by atoms with Gasteiger partial charge in [0.2, 0.25) is 11.8 Å². The molecule has 1 aliphatic carbocycles. The third-order valence-corrected chi connectivity index (χ3v) is 5.69. The monoisotopic (exact) mass is 422 g/mol. The lowest BCUT2D eigenvalue weighted by molar-refractivity contribution is -0.129. The summed E-state index contributed by atoms with van der Waals surface area (Å²) in [5.74, 6) is 0.592. The fourth-order valence-electron chi connectivity index (χ4n) is 3.54.